The van der Waals surface area contributed by atoms with E-state index in [1.807, 2.05) is 48.2 Å². The second kappa shape index (κ2) is 8.83. The first kappa shape index (κ1) is 19.1. The van der Waals surface area contributed by atoms with Gasteiger partial charge in [0.05, 0.1) is 19.4 Å². The van der Waals surface area contributed by atoms with Crippen LogP contribution in [0.4, 0.5) is 0 Å². The molecule has 0 aliphatic rings. The van der Waals surface area contributed by atoms with Crippen molar-refractivity contribution in [3.63, 3.8) is 0 Å². The topological polar surface area (TPSA) is 81.5 Å². The summed E-state index contributed by atoms with van der Waals surface area (Å²) in [7, 11) is 0. The van der Waals surface area contributed by atoms with Crippen molar-refractivity contribution < 1.29 is 9.52 Å². The van der Waals surface area contributed by atoms with Crippen LogP contribution in [-0.2, 0) is 13.1 Å². The first-order valence-electron chi connectivity index (χ1n) is 8.85. The molecule has 142 valence electrons. The van der Waals surface area contributed by atoms with E-state index < -0.39 is 0 Å². The number of nitrogens with one attached hydrogen (secondary N) is 2. The molecule has 0 atom stereocenters. The maximum absolute atomic E-state index is 12.5. The Hall–Kier alpha value is -2.64. The first-order chi connectivity index (χ1) is 13.1. The van der Waals surface area contributed by atoms with Crippen LogP contribution in [0.5, 0.6) is 0 Å². The summed E-state index contributed by atoms with van der Waals surface area (Å²) in [5.41, 5.74) is 2.45. The van der Waals surface area contributed by atoms with Crippen LogP contribution < -0.4 is 10.9 Å². The number of thiocarbonyl (C=S) groups is 1. The number of hydrogen-bond donors (Lipinski definition) is 3. The maximum atomic E-state index is 12.5. The lowest BCUT2D eigenvalue weighted by Gasteiger charge is -2.25. The molecule has 0 spiro atoms. The molecule has 0 amide bonds. The molecule has 0 saturated carbocycles. The summed E-state index contributed by atoms with van der Waals surface area (Å²) in [6.07, 6.45) is 2.17. The van der Waals surface area contributed by atoms with Crippen molar-refractivity contribution in [3.8, 4) is 0 Å². The van der Waals surface area contributed by atoms with E-state index in [-0.39, 0.29) is 12.2 Å². The lowest BCUT2D eigenvalue weighted by atomic mass is 10.1. The van der Waals surface area contributed by atoms with Crippen LogP contribution in [0.3, 0.4) is 0 Å². The third-order valence-corrected chi connectivity index (χ3v) is 4.71. The fourth-order valence-corrected chi connectivity index (χ4v) is 3.12. The number of H-pyrrole nitrogens is 1. The van der Waals surface area contributed by atoms with Crippen molar-refractivity contribution in [1.29, 1.82) is 0 Å². The summed E-state index contributed by atoms with van der Waals surface area (Å²) in [6.45, 7) is 3.46. The van der Waals surface area contributed by atoms with E-state index in [0.29, 0.717) is 36.7 Å². The molecule has 6 nitrogen and oxygen atoms in total. The molecule has 0 bridgehead atoms. The minimum Gasteiger partial charge on any atom is -0.467 e. The van der Waals surface area contributed by atoms with Crippen LogP contribution in [-0.4, -0.2) is 33.3 Å². The van der Waals surface area contributed by atoms with Crippen molar-refractivity contribution in [2.75, 3.05) is 13.2 Å². The monoisotopic (exact) mass is 385 g/mol. The third-order valence-electron chi connectivity index (χ3n) is 4.31. The molecule has 3 aromatic rings. The van der Waals surface area contributed by atoms with Gasteiger partial charge in [0, 0.05) is 24.2 Å². The SMILES string of the molecule is Cc1ccc2[nH]c(=O)c(CN(CCCO)C(=S)NCc3ccco3)cc2c1. The molecule has 27 heavy (non-hydrogen) atoms. The Balaban J connectivity index is 1.78. The van der Waals surface area contributed by atoms with Gasteiger partial charge in [0.2, 0.25) is 0 Å². The Labute approximate surface area is 162 Å². The van der Waals surface area contributed by atoms with Crippen LogP contribution in [0.25, 0.3) is 10.9 Å². The minimum absolute atomic E-state index is 0.0601. The molecule has 3 rings (SSSR count). The van der Waals surface area contributed by atoms with Gasteiger partial charge in [0.15, 0.2) is 5.11 Å². The van der Waals surface area contributed by atoms with E-state index >= 15 is 0 Å². The van der Waals surface area contributed by atoms with Gasteiger partial charge in [-0.25, -0.2) is 0 Å². The third kappa shape index (κ3) is 4.96. The average molecular weight is 385 g/mol. The Morgan fingerprint density at radius 2 is 2.19 bits per heavy atom. The highest BCUT2D eigenvalue weighted by atomic mass is 32.1. The minimum atomic E-state index is -0.130. The molecule has 0 unspecified atom stereocenters. The first-order valence-corrected chi connectivity index (χ1v) is 9.26. The molecule has 2 heterocycles. The lowest BCUT2D eigenvalue weighted by Crippen LogP contribution is -2.40. The number of aromatic nitrogens is 1. The zero-order valence-electron chi connectivity index (χ0n) is 15.2. The molecule has 3 N–H and O–H groups in total. The number of pyridine rings is 1. The smallest absolute Gasteiger partial charge is 0.253 e. The van der Waals surface area contributed by atoms with Gasteiger partial charge in [-0.2, -0.15) is 0 Å². The summed E-state index contributed by atoms with van der Waals surface area (Å²) in [4.78, 5) is 17.3. The number of rotatable bonds is 7. The molecule has 0 aliphatic heterocycles. The molecule has 1 aromatic carbocycles. The van der Waals surface area contributed by atoms with Gasteiger partial charge in [0.25, 0.3) is 5.56 Å². The van der Waals surface area contributed by atoms with Crippen LogP contribution in [0.2, 0.25) is 0 Å². The number of aryl methyl sites for hydroxylation is 1. The molecule has 0 fully saturated rings. The highest BCUT2D eigenvalue weighted by Crippen LogP contribution is 2.14. The van der Waals surface area contributed by atoms with Crippen LogP contribution in [0, 0.1) is 6.92 Å². The van der Waals surface area contributed by atoms with E-state index in [0.717, 1.165) is 22.2 Å². The van der Waals surface area contributed by atoms with Gasteiger partial charge in [-0.3, -0.25) is 4.79 Å². The zero-order chi connectivity index (χ0) is 19.2. The summed E-state index contributed by atoms with van der Waals surface area (Å²) < 4.78 is 5.31. The van der Waals surface area contributed by atoms with E-state index in [4.69, 9.17) is 16.6 Å². The predicted molar refractivity (Wildman–Crippen MR) is 110 cm³/mol. The number of furan rings is 1. The molecule has 0 saturated heterocycles. The number of hydrogen-bond acceptors (Lipinski definition) is 4. The maximum Gasteiger partial charge on any atom is 0.253 e. The van der Waals surface area contributed by atoms with E-state index in [1.54, 1.807) is 6.26 Å². The fraction of sp³-hybridized carbons (Fsp3) is 0.300. The van der Waals surface area contributed by atoms with Gasteiger partial charge < -0.3 is 24.7 Å². The molecule has 2 aromatic heterocycles. The number of nitrogens with zero attached hydrogens (tertiary/aromatic N) is 1. The quantitative estimate of drug-likeness (QED) is 0.543. The van der Waals surface area contributed by atoms with Gasteiger partial charge in [-0.15, -0.1) is 0 Å². The molecule has 7 heteroatoms. The number of fused-ring (bicyclic) bond motifs is 1. The van der Waals surface area contributed by atoms with E-state index in [9.17, 15) is 9.90 Å². The summed E-state index contributed by atoms with van der Waals surface area (Å²) >= 11 is 5.50. The van der Waals surface area contributed by atoms with Crippen molar-refractivity contribution in [2.45, 2.75) is 26.4 Å². The summed E-state index contributed by atoms with van der Waals surface area (Å²) in [5, 5.41) is 13.9. The Bertz CT molecular complexity index is 966. The highest BCUT2D eigenvalue weighted by Gasteiger charge is 2.13. The highest BCUT2D eigenvalue weighted by molar-refractivity contribution is 7.80. The second-order valence-corrected chi connectivity index (χ2v) is 6.84. The number of aliphatic hydroxyl groups is 1. The van der Waals surface area contributed by atoms with E-state index in [1.165, 1.54) is 0 Å². The standard InChI is InChI=1S/C20H23N3O3S/c1-14-5-6-18-15(10-14)11-16(19(25)22-18)13-23(7-3-8-24)20(27)21-12-17-4-2-9-26-17/h2,4-6,9-11,24H,3,7-8,12-13H2,1H3,(H,21,27)(H,22,25). The second-order valence-electron chi connectivity index (χ2n) is 6.45. The number of aliphatic hydroxyl groups excluding tert-OH is 1. The lowest BCUT2D eigenvalue weighted by molar-refractivity contribution is 0.264. The van der Waals surface area contributed by atoms with Gasteiger partial charge >= 0.3 is 0 Å². The van der Waals surface area contributed by atoms with Crippen LogP contribution in [0.1, 0.15) is 23.3 Å². The molecular formula is C20H23N3O3S. The Kier molecular flexibility index (Phi) is 6.26. The number of benzene rings is 1. The fourth-order valence-electron chi connectivity index (χ4n) is 2.90. The van der Waals surface area contributed by atoms with Crippen molar-refractivity contribution in [2.24, 2.45) is 0 Å². The Morgan fingerprint density at radius 3 is 2.93 bits per heavy atom. The molecular weight excluding hydrogens is 362 g/mol. The molecule has 0 aliphatic carbocycles. The zero-order valence-corrected chi connectivity index (χ0v) is 16.0. The van der Waals surface area contributed by atoms with Gasteiger partial charge in [0.1, 0.15) is 5.76 Å². The normalized spacial score (nSPS) is 10.9. The Morgan fingerprint density at radius 1 is 1.33 bits per heavy atom. The molecule has 0 radical (unpaired) electrons. The largest absolute Gasteiger partial charge is 0.467 e. The average Bonchev–Trinajstić information content (AvgIpc) is 3.17. The van der Waals surface area contributed by atoms with Crippen molar-refractivity contribution >= 4 is 28.2 Å². The summed E-state index contributed by atoms with van der Waals surface area (Å²) in [5.74, 6) is 0.776. The predicted octanol–water partition coefficient (Wildman–Crippen LogP) is 2.69. The van der Waals surface area contributed by atoms with Gasteiger partial charge in [-0.05, 0) is 61.3 Å². The van der Waals surface area contributed by atoms with Crippen molar-refractivity contribution in [1.82, 2.24) is 15.2 Å². The summed E-state index contributed by atoms with van der Waals surface area (Å²) in [6, 6.07) is 11.5. The van der Waals surface area contributed by atoms with Crippen molar-refractivity contribution in [3.05, 3.63) is 69.9 Å². The van der Waals surface area contributed by atoms with Crippen LogP contribution in [0.15, 0.2) is 51.9 Å². The van der Waals surface area contributed by atoms with E-state index in [2.05, 4.69) is 10.3 Å². The van der Waals surface area contributed by atoms with Crippen LogP contribution >= 0.6 is 12.2 Å². The van der Waals surface area contributed by atoms with Gasteiger partial charge in [-0.1, -0.05) is 11.6 Å². The number of aromatic amines is 1.